The van der Waals surface area contributed by atoms with Gasteiger partial charge in [-0.3, -0.25) is 14.4 Å². The van der Waals surface area contributed by atoms with Gasteiger partial charge in [0.05, 0.1) is 6.61 Å². The minimum atomic E-state index is -0.913. The summed E-state index contributed by atoms with van der Waals surface area (Å²) in [6.45, 7) is 3.70. The van der Waals surface area contributed by atoms with Crippen molar-refractivity contribution in [3.8, 4) is 0 Å². The van der Waals surface area contributed by atoms with Crippen molar-refractivity contribution < 1.29 is 33.3 Å². The van der Waals surface area contributed by atoms with Crippen molar-refractivity contribution >= 4 is 33.8 Å². The van der Waals surface area contributed by atoms with E-state index in [9.17, 15) is 14.4 Å². The highest BCUT2D eigenvalue weighted by Gasteiger charge is 2.45. The standard InChI is InChI=1S/C11H15BrO7/c1-5(13)17-8-4-16-11(12)10(19-7(3)15)9(8)18-6(2)14/h8-11H,4H2,1-3H3/t8-,9+,10+,11+/m0/s1. The first-order valence-electron chi connectivity index (χ1n) is 5.58. The van der Waals surface area contributed by atoms with Crippen molar-refractivity contribution in [2.75, 3.05) is 6.61 Å². The van der Waals surface area contributed by atoms with Gasteiger partial charge in [0.1, 0.15) is 0 Å². The van der Waals surface area contributed by atoms with Crippen LogP contribution < -0.4 is 0 Å². The van der Waals surface area contributed by atoms with E-state index in [4.69, 9.17) is 18.9 Å². The first-order valence-corrected chi connectivity index (χ1v) is 6.50. The highest BCUT2D eigenvalue weighted by molar-refractivity contribution is 9.09. The molecule has 8 heteroatoms. The van der Waals surface area contributed by atoms with Gasteiger partial charge in [-0.15, -0.1) is 0 Å². The molecular weight excluding hydrogens is 324 g/mol. The predicted octanol–water partition coefficient (Wildman–Crippen LogP) is 0.533. The molecule has 0 bridgehead atoms. The average molecular weight is 339 g/mol. The second kappa shape index (κ2) is 6.85. The van der Waals surface area contributed by atoms with Crippen LogP contribution in [-0.2, 0) is 33.3 Å². The monoisotopic (exact) mass is 338 g/mol. The van der Waals surface area contributed by atoms with E-state index in [1.165, 1.54) is 20.8 Å². The zero-order valence-electron chi connectivity index (χ0n) is 10.8. The van der Waals surface area contributed by atoms with Crippen LogP contribution in [0.3, 0.4) is 0 Å². The number of carbonyl (C=O) groups is 3. The van der Waals surface area contributed by atoms with Crippen molar-refractivity contribution in [3.05, 3.63) is 0 Å². The summed E-state index contributed by atoms with van der Waals surface area (Å²) in [4.78, 5) is 33.2. The molecule has 0 aromatic carbocycles. The van der Waals surface area contributed by atoms with Crippen molar-refractivity contribution in [2.24, 2.45) is 0 Å². The van der Waals surface area contributed by atoms with Gasteiger partial charge in [0.15, 0.2) is 23.3 Å². The lowest BCUT2D eigenvalue weighted by Crippen LogP contribution is -2.55. The SMILES string of the molecule is CC(=O)O[C@@H]1[C@H](OC(C)=O)[C@@H](OC(C)=O)CO[C@H]1Br. The molecule has 0 aromatic rings. The maximum atomic E-state index is 11.1. The van der Waals surface area contributed by atoms with E-state index in [2.05, 4.69) is 15.9 Å². The molecule has 0 unspecified atom stereocenters. The van der Waals surface area contributed by atoms with Crippen LogP contribution in [0.5, 0.6) is 0 Å². The zero-order valence-corrected chi connectivity index (χ0v) is 12.3. The van der Waals surface area contributed by atoms with E-state index in [0.29, 0.717) is 0 Å². The fourth-order valence-electron chi connectivity index (χ4n) is 1.70. The largest absolute Gasteiger partial charge is 0.456 e. The summed E-state index contributed by atoms with van der Waals surface area (Å²) in [6.07, 6.45) is -2.62. The smallest absolute Gasteiger partial charge is 0.303 e. The summed E-state index contributed by atoms with van der Waals surface area (Å²) in [6, 6.07) is 0. The van der Waals surface area contributed by atoms with Gasteiger partial charge in [0.25, 0.3) is 0 Å². The van der Waals surface area contributed by atoms with E-state index in [1.807, 2.05) is 0 Å². The Morgan fingerprint density at radius 3 is 1.89 bits per heavy atom. The lowest BCUT2D eigenvalue weighted by Gasteiger charge is -2.38. The van der Waals surface area contributed by atoms with Crippen molar-refractivity contribution in [2.45, 2.75) is 44.1 Å². The zero-order chi connectivity index (χ0) is 14.6. The number of alkyl halides is 1. The van der Waals surface area contributed by atoms with E-state index < -0.39 is 41.2 Å². The lowest BCUT2D eigenvalue weighted by molar-refractivity contribution is -0.212. The van der Waals surface area contributed by atoms with Gasteiger partial charge in [-0.05, 0) is 0 Å². The van der Waals surface area contributed by atoms with Crippen LogP contribution in [0.15, 0.2) is 0 Å². The van der Waals surface area contributed by atoms with Gasteiger partial charge in [-0.25, -0.2) is 0 Å². The molecule has 7 nitrogen and oxygen atoms in total. The number of rotatable bonds is 3. The van der Waals surface area contributed by atoms with Gasteiger partial charge in [-0.2, -0.15) is 0 Å². The fraction of sp³-hybridized carbons (Fsp3) is 0.727. The number of hydrogen-bond donors (Lipinski definition) is 0. The number of carbonyl (C=O) groups excluding carboxylic acids is 3. The van der Waals surface area contributed by atoms with E-state index >= 15 is 0 Å². The molecule has 1 heterocycles. The Morgan fingerprint density at radius 2 is 1.42 bits per heavy atom. The van der Waals surface area contributed by atoms with E-state index in [-0.39, 0.29) is 6.61 Å². The fourth-order valence-corrected chi connectivity index (χ4v) is 2.26. The van der Waals surface area contributed by atoms with Crippen LogP contribution in [0.1, 0.15) is 20.8 Å². The molecule has 0 amide bonds. The van der Waals surface area contributed by atoms with Crippen LogP contribution in [0.2, 0.25) is 0 Å². The molecule has 1 saturated heterocycles. The average Bonchev–Trinajstić information content (AvgIpc) is 2.25. The Balaban J connectivity index is 2.89. The highest BCUT2D eigenvalue weighted by Crippen LogP contribution is 2.27. The molecule has 1 aliphatic heterocycles. The third-order valence-electron chi connectivity index (χ3n) is 2.29. The summed E-state index contributed by atoms with van der Waals surface area (Å²) in [7, 11) is 0. The molecule has 0 radical (unpaired) electrons. The minimum Gasteiger partial charge on any atom is -0.456 e. The van der Waals surface area contributed by atoms with Crippen LogP contribution in [0.25, 0.3) is 0 Å². The Hall–Kier alpha value is -1.15. The Bertz CT molecular complexity index is 370. The van der Waals surface area contributed by atoms with Crippen LogP contribution in [0, 0.1) is 0 Å². The lowest BCUT2D eigenvalue weighted by atomic mass is 10.1. The van der Waals surface area contributed by atoms with Crippen molar-refractivity contribution in [1.82, 2.24) is 0 Å². The molecule has 0 spiro atoms. The molecule has 4 atom stereocenters. The molecular formula is C11H15BrO7. The molecule has 0 saturated carbocycles. The first kappa shape index (κ1) is 15.9. The van der Waals surface area contributed by atoms with Gasteiger partial charge >= 0.3 is 17.9 Å². The van der Waals surface area contributed by atoms with E-state index in [1.54, 1.807) is 0 Å². The van der Waals surface area contributed by atoms with Crippen LogP contribution >= 0.6 is 15.9 Å². The number of hydrogen-bond acceptors (Lipinski definition) is 7. The first-order chi connectivity index (χ1) is 8.81. The van der Waals surface area contributed by atoms with Crippen molar-refractivity contribution in [1.29, 1.82) is 0 Å². The molecule has 0 aromatic heterocycles. The van der Waals surface area contributed by atoms with Gasteiger partial charge in [0.2, 0.25) is 0 Å². The summed E-state index contributed by atoms with van der Waals surface area (Å²) in [5.74, 6) is -1.67. The van der Waals surface area contributed by atoms with Gasteiger partial charge < -0.3 is 18.9 Å². The molecule has 0 aliphatic carbocycles. The molecule has 19 heavy (non-hydrogen) atoms. The number of halogens is 1. The maximum Gasteiger partial charge on any atom is 0.303 e. The molecule has 108 valence electrons. The third kappa shape index (κ3) is 4.79. The van der Waals surface area contributed by atoms with Gasteiger partial charge in [-0.1, -0.05) is 15.9 Å². The highest BCUT2D eigenvalue weighted by atomic mass is 79.9. The van der Waals surface area contributed by atoms with Gasteiger partial charge in [0, 0.05) is 20.8 Å². The number of esters is 3. The third-order valence-corrected chi connectivity index (χ3v) is 3.08. The summed E-state index contributed by atoms with van der Waals surface area (Å²) in [5, 5.41) is -0.646. The summed E-state index contributed by atoms with van der Waals surface area (Å²) in [5.41, 5.74) is 0. The predicted molar refractivity (Wildman–Crippen MR) is 65.3 cm³/mol. The molecule has 0 N–H and O–H groups in total. The Morgan fingerprint density at radius 1 is 0.947 bits per heavy atom. The summed E-state index contributed by atoms with van der Waals surface area (Å²) >= 11 is 3.18. The Labute approximate surface area is 118 Å². The topological polar surface area (TPSA) is 88.1 Å². The minimum absolute atomic E-state index is 0.0329. The van der Waals surface area contributed by atoms with Crippen molar-refractivity contribution in [3.63, 3.8) is 0 Å². The number of ether oxygens (including phenoxy) is 4. The molecule has 1 rings (SSSR count). The quantitative estimate of drug-likeness (QED) is 0.421. The normalized spacial score (nSPS) is 30.3. The second-order valence-corrected chi connectivity index (χ2v) is 4.88. The summed E-state index contributed by atoms with van der Waals surface area (Å²) < 4.78 is 20.4. The van der Waals surface area contributed by atoms with E-state index in [0.717, 1.165) is 0 Å². The maximum absolute atomic E-state index is 11.1. The molecule has 1 aliphatic rings. The van der Waals surface area contributed by atoms with Crippen LogP contribution in [-0.4, -0.2) is 47.8 Å². The Kier molecular flexibility index (Phi) is 5.74. The second-order valence-electron chi connectivity index (χ2n) is 3.98. The molecule has 1 fully saturated rings. The van der Waals surface area contributed by atoms with Crippen LogP contribution in [0.4, 0.5) is 0 Å².